The molecule has 11 rings (SSSR count). The molecule has 0 N–H and O–H groups in total. The summed E-state index contributed by atoms with van der Waals surface area (Å²) < 4.78 is 8.73. The predicted molar refractivity (Wildman–Crippen MR) is 243 cm³/mol. The van der Waals surface area contributed by atoms with Gasteiger partial charge in [0, 0.05) is 48.0 Å². The Hall–Kier alpha value is -7.20. The van der Waals surface area contributed by atoms with Crippen molar-refractivity contribution in [2.75, 3.05) is 4.90 Å². The Balaban J connectivity index is 1.00. The van der Waals surface area contributed by atoms with Crippen LogP contribution in [0.3, 0.4) is 0 Å². The van der Waals surface area contributed by atoms with Crippen LogP contribution in [0.15, 0.2) is 217 Å². The summed E-state index contributed by atoms with van der Waals surface area (Å²) in [5, 5.41) is 4.89. The average Bonchev–Trinajstić information content (AvgIpc) is 3.85. The third kappa shape index (κ3) is 5.97. The summed E-state index contributed by atoms with van der Waals surface area (Å²) in [6.45, 7) is 0. The van der Waals surface area contributed by atoms with Crippen LogP contribution >= 0.6 is 11.3 Å². The zero-order chi connectivity index (χ0) is 37.7. The fourth-order valence-corrected chi connectivity index (χ4v) is 9.37. The molecule has 0 fully saturated rings. The molecule has 0 bridgehead atoms. The lowest BCUT2D eigenvalue weighted by molar-refractivity contribution is 0.669. The number of rotatable bonds is 7. The number of anilines is 3. The lowest BCUT2D eigenvalue weighted by Gasteiger charge is -2.26. The Labute approximate surface area is 335 Å². The molecule has 3 heteroatoms. The zero-order valence-corrected chi connectivity index (χ0v) is 31.8. The fraction of sp³-hybridized carbons (Fsp3) is 0. The van der Waals surface area contributed by atoms with E-state index in [1.165, 1.54) is 53.6 Å². The molecule has 0 aliphatic rings. The molecule has 57 heavy (non-hydrogen) atoms. The van der Waals surface area contributed by atoms with E-state index in [9.17, 15) is 0 Å². The maximum atomic E-state index is 6.12. The van der Waals surface area contributed by atoms with E-state index in [0.717, 1.165) is 50.1 Å². The molecule has 0 aliphatic carbocycles. The smallest absolute Gasteiger partial charge is 0.135 e. The van der Waals surface area contributed by atoms with Crippen molar-refractivity contribution in [2.45, 2.75) is 0 Å². The SMILES string of the molecule is c1ccc(-c2ccc(N(c3ccc(-c4ccc5oc6ccccc6c5c4)cc3)c3ccc(-c4cc5sc6ccccc6c5cc4-c4ccccc4)cc3)cc2)cc1. The Bertz CT molecular complexity index is 3200. The van der Waals surface area contributed by atoms with Gasteiger partial charge in [-0.1, -0.05) is 140 Å². The zero-order valence-electron chi connectivity index (χ0n) is 31.0. The largest absolute Gasteiger partial charge is 0.456 e. The predicted octanol–water partition coefficient (Wildman–Crippen LogP) is 16.1. The number of para-hydroxylation sites is 1. The minimum Gasteiger partial charge on any atom is -0.456 e. The number of furan rings is 1. The van der Waals surface area contributed by atoms with Gasteiger partial charge in [-0.05, 0) is 117 Å². The summed E-state index contributed by atoms with van der Waals surface area (Å²) in [6.07, 6.45) is 0. The van der Waals surface area contributed by atoms with Crippen LogP contribution in [0, 0.1) is 0 Å². The second kappa shape index (κ2) is 13.8. The third-order valence-corrected chi connectivity index (χ3v) is 12.2. The molecule has 2 aromatic heterocycles. The lowest BCUT2D eigenvalue weighted by atomic mass is 9.92. The van der Waals surface area contributed by atoms with E-state index >= 15 is 0 Å². The van der Waals surface area contributed by atoms with Crippen molar-refractivity contribution >= 4 is 70.5 Å². The molecule has 2 nitrogen and oxygen atoms in total. The van der Waals surface area contributed by atoms with Gasteiger partial charge in [0.25, 0.3) is 0 Å². The van der Waals surface area contributed by atoms with Gasteiger partial charge in [-0.2, -0.15) is 0 Å². The van der Waals surface area contributed by atoms with Crippen molar-refractivity contribution in [1.82, 2.24) is 0 Å². The summed E-state index contributed by atoms with van der Waals surface area (Å²) in [4.78, 5) is 2.35. The normalized spacial score (nSPS) is 11.5. The van der Waals surface area contributed by atoms with Gasteiger partial charge in [0.15, 0.2) is 0 Å². The molecule has 2 heterocycles. The molecule has 0 spiro atoms. The van der Waals surface area contributed by atoms with Gasteiger partial charge in [-0.15, -0.1) is 11.3 Å². The molecular weight excluding hydrogens is 711 g/mol. The van der Waals surface area contributed by atoms with Gasteiger partial charge in [0.2, 0.25) is 0 Å². The van der Waals surface area contributed by atoms with Crippen LogP contribution in [0.2, 0.25) is 0 Å². The first-order chi connectivity index (χ1) is 28.2. The van der Waals surface area contributed by atoms with Crippen LogP contribution in [0.5, 0.6) is 0 Å². The van der Waals surface area contributed by atoms with Gasteiger partial charge in [0.1, 0.15) is 11.2 Å². The van der Waals surface area contributed by atoms with Crippen LogP contribution in [0.25, 0.3) is 86.6 Å². The standard InChI is InChI=1S/C54H35NOS/c1-3-11-36(12-4-1)37-19-26-42(27-20-37)55(43-28-21-38(22-29-43)41-25-32-52-49(33-41)45-15-7-9-17-51(45)56-52)44-30-23-40(24-31-44)48-35-54-50(46-16-8-10-18-53(46)57-54)34-47(48)39-13-5-2-6-14-39/h1-35H. The third-order valence-electron chi connectivity index (χ3n) is 11.1. The second-order valence-corrected chi connectivity index (χ2v) is 15.6. The molecule has 268 valence electrons. The number of thiophene rings is 1. The van der Waals surface area contributed by atoms with Gasteiger partial charge in [0.05, 0.1) is 0 Å². The highest BCUT2D eigenvalue weighted by molar-refractivity contribution is 7.25. The molecule has 0 aliphatic heterocycles. The Morgan fingerprint density at radius 1 is 0.298 bits per heavy atom. The highest BCUT2D eigenvalue weighted by Gasteiger charge is 2.17. The second-order valence-electron chi connectivity index (χ2n) is 14.5. The molecular formula is C54H35NOS. The van der Waals surface area contributed by atoms with Crippen LogP contribution < -0.4 is 4.90 Å². The fourth-order valence-electron chi connectivity index (χ4n) is 8.25. The molecule has 0 atom stereocenters. The first kappa shape index (κ1) is 33.2. The van der Waals surface area contributed by atoms with E-state index in [2.05, 4.69) is 205 Å². The van der Waals surface area contributed by atoms with Crippen LogP contribution in [0.1, 0.15) is 0 Å². The quantitative estimate of drug-likeness (QED) is 0.162. The maximum absolute atomic E-state index is 6.12. The highest BCUT2D eigenvalue weighted by atomic mass is 32.1. The summed E-state index contributed by atoms with van der Waals surface area (Å²) in [7, 11) is 0. The average molecular weight is 746 g/mol. The molecule has 0 amide bonds. The van der Waals surface area contributed by atoms with Crippen molar-refractivity contribution < 1.29 is 4.42 Å². The number of nitrogens with zero attached hydrogens (tertiary/aromatic N) is 1. The van der Waals surface area contributed by atoms with Crippen LogP contribution in [-0.4, -0.2) is 0 Å². The van der Waals surface area contributed by atoms with E-state index in [1.54, 1.807) is 0 Å². The molecule has 11 aromatic rings. The molecule has 0 saturated carbocycles. The van der Waals surface area contributed by atoms with Gasteiger partial charge in [-0.3, -0.25) is 0 Å². The minimum atomic E-state index is 0.907. The summed E-state index contributed by atoms with van der Waals surface area (Å²) in [6, 6.07) is 76.5. The number of fused-ring (bicyclic) bond motifs is 6. The topological polar surface area (TPSA) is 16.4 Å². The number of hydrogen-bond acceptors (Lipinski definition) is 3. The number of benzene rings is 9. The monoisotopic (exact) mass is 745 g/mol. The Morgan fingerprint density at radius 2 is 0.772 bits per heavy atom. The van der Waals surface area contributed by atoms with Gasteiger partial charge < -0.3 is 9.32 Å². The van der Waals surface area contributed by atoms with Gasteiger partial charge in [-0.25, -0.2) is 0 Å². The minimum absolute atomic E-state index is 0.907. The maximum Gasteiger partial charge on any atom is 0.135 e. The molecule has 0 saturated heterocycles. The van der Waals surface area contributed by atoms with Crippen LogP contribution in [-0.2, 0) is 0 Å². The van der Waals surface area contributed by atoms with Crippen LogP contribution in [0.4, 0.5) is 17.1 Å². The summed E-state index contributed by atoms with van der Waals surface area (Å²) >= 11 is 1.86. The first-order valence-electron chi connectivity index (χ1n) is 19.3. The van der Waals surface area contributed by atoms with Crippen molar-refractivity contribution in [3.8, 4) is 44.5 Å². The lowest BCUT2D eigenvalue weighted by Crippen LogP contribution is -2.09. The number of hydrogen-bond donors (Lipinski definition) is 0. The summed E-state index contributed by atoms with van der Waals surface area (Å²) in [5.41, 5.74) is 14.7. The van der Waals surface area contributed by atoms with Crippen molar-refractivity contribution in [3.05, 3.63) is 212 Å². The van der Waals surface area contributed by atoms with E-state index in [4.69, 9.17) is 4.42 Å². The van der Waals surface area contributed by atoms with E-state index in [0.29, 0.717) is 0 Å². The summed E-state index contributed by atoms with van der Waals surface area (Å²) in [5.74, 6) is 0. The van der Waals surface area contributed by atoms with E-state index < -0.39 is 0 Å². The van der Waals surface area contributed by atoms with Crippen molar-refractivity contribution in [2.24, 2.45) is 0 Å². The van der Waals surface area contributed by atoms with Gasteiger partial charge >= 0.3 is 0 Å². The first-order valence-corrected chi connectivity index (χ1v) is 20.1. The molecule has 0 radical (unpaired) electrons. The molecule has 0 unspecified atom stereocenters. The van der Waals surface area contributed by atoms with E-state index in [-0.39, 0.29) is 0 Å². The Kier molecular flexibility index (Phi) is 8.04. The van der Waals surface area contributed by atoms with E-state index in [1.807, 2.05) is 23.5 Å². The Morgan fingerprint density at radius 3 is 1.46 bits per heavy atom. The van der Waals surface area contributed by atoms with Crippen molar-refractivity contribution in [3.63, 3.8) is 0 Å². The highest BCUT2D eigenvalue weighted by Crippen LogP contribution is 2.43. The molecule has 9 aromatic carbocycles. The van der Waals surface area contributed by atoms with Crippen molar-refractivity contribution in [1.29, 1.82) is 0 Å².